The van der Waals surface area contributed by atoms with Crippen LogP contribution in [0.2, 0.25) is 0 Å². The van der Waals surface area contributed by atoms with E-state index in [0.29, 0.717) is 18.8 Å². The van der Waals surface area contributed by atoms with E-state index in [-0.39, 0.29) is 47.3 Å². The number of nitrogens with zero attached hydrogens (tertiary/aromatic N) is 2. The Morgan fingerprint density at radius 1 is 1.10 bits per heavy atom. The molecule has 1 aliphatic heterocycles. The van der Waals surface area contributed by atoms with Crippen molar-refractivity contribution in [1.29, 1.82) is 0 Å². The minimum atomic E-state index is -4.59. The maximum Gasteiger partial charge on any atom is 0.416 e. The molecular formula is C30H33F4N3O4. The molecule has 0 atom stereocenters. The quantitative estimate of drug-likeness (QED) is 0.407. The first kappa shape index (κ1) is 30.2. The van der Waals surface area contributed by atoms with Crippen LogP contribution in [0.4, 0.5) is 17.6 Å². The van der Waals surface area contributed by atoms with Gasteiger partial charge in [-0.05, 0) is 61.3 Å². The molecule has 1 aliphatic carbocycles. The minimum Gasteiger partial charge on any atom is -0.481 e. The van der Waals surface area contributed by atoms with Crippen LogP contribution in [0.15, 0.2) is 47.5 Å². The molecule has 2 aromatic carbocycles. The van der Waals surface area contributed by atoms with E-state index in [9.17, 15) is 27.6 Å². The molecule has 0 radical (unpaired) electrons. The lowest BCUT2D eigenvalue weighted by Crippen LogP contribution is -2.49. The van der Waals surface area contributed by atoms with Crippen LogP contribution in [-0.2, 0) is 22.3 Å². The van der Waals surface area contributed by atoms with Gasteiger partial charge in [-0.15, -0.1) is 0 Å². The Morgan fingerprint density at radius 2 is 1.78 bits per heavy atom. The zero-order valence-electron chi connectivity index (χ0n) is 23.1. The average Bonchev–Trinajstić information content (AvgIpc) is 3.15. The Labute approximate surface area is 235 Å². The number of carboxylic acid groups (broad SMARTS) is 1. The maximum atomic E-state index is 15.2. The number of aliphatic imine (C=N–C) groups is 1. The number of carboxylic acids is 1. The Balaban J connectivity index is 1.64. The highest BCUT2D eigenvalue weighted by atomic mass is 19.4. The molecule has 2 N–H and O–H groups in total. The van der Waals surface area contributed by atoms with E-state index in [2.05, 4.69) is 26.1 Å². The molecule has 41 heavy (non-hydrogen) atoms. The number of amides is 2. The van der Waals surface area contributed by atoms with Gasteiger partial charge in [0.05, 0.1) is 18.5 Å². The molecule has 1 spiro atoms. The van der Waals surface area contributed by atoms with Gasteiger partial charge in [0.1, 0.15) is 17.2 Å². The molecule has 2 amide bonds. The zero-order valence-corrected chi connectivity index (χ0v) is 23.1. The number of aliphatic carboxylic acids is 1. The van der Waals surface area contributed by atoms with Crippen molar-refractivity contribution in [3.63, 3.8) is 0 Å². The van der Waals surface area contributed by atoms with E-state index >= 15 is 4.39 Å². The summed E-state index contributed by atoms with van der Waals surface area (Å²) in [7, 11) is 0. The predicted molar refractivity (Wildman–Crippen MR) is 144 cm³/mol. The van der Waals surface area contributed by atoms with E-state index < -0.39 is 41.0 Å². The van der Waals surface area contributed by atoms with Gasteiger partial charge >= 0.3 is 12.1 Å². The maximum absolute atomic E-state index is 15.2. The number of hydrogen-bond donors (Lipinski definition) is 2. The number of alkyl halides is 3. The summed E-state index contributed by atoms with van der Waals surface area (Å²) in [6.07, 6.45) is -2.43. The van der Waals surface area contributed by atoms with Crippen molar-refractivity contribution in [3.8, 4) is 0 Å². The van der Waals surface area contributed by atoms with Gasteiger partial charge in [-0.1, -0.05) is 39.0 Å². The molecule has 220 valence electrons. The second-order valence-electron chi connectivity index (χ2n) is 11.8. The van der Waals surface area contributed by atoms with E-state index in [1.165, 1.54) is 29.2 Å². The third-order valence-electron chi connectivity index (χ3n) is 8.01. The molecule has 1 fully saturated rings. The molecule has 1 saturated carbocycles. The van der Waals surface area contributed by atoms with Gasteiger partial charge in [0, 0.05) is 23.2 Å². The summed E-state index contributed by atoms with van der Waals surface area (Å²) in [4.78, 5) is 43.0. The number of nitrogens with one attached hydrogen (secondary N) is 1. The number of halogens is 4. The number of benzene rings is 2. The Hall–Kier alpha value is -3.76. The Bertz CT molecular complexity index is 1370. The van der Waals surface area contributed by atoms with Crippen LogP contribution < -0.4 is 5.32 Å². The first-order valence-corrected chi connectivity index (χ1v) is 13.5. The molecule has 7 nitrogen and oxygen atoms in total. The van der Waals surface area contributed by atoms with Crippen molar-refractivity contribution in [1.82, 2.24) is 10.2 Å². The van der Waals surface area contributed by atoms with Gasteiger partial charge in [0.2, 0.25) is 0 Å². The zero-order chi connectivity index (χ0) is 30.2. The molecule has 0 unspecified atom stereocenters. The summed E-state index contributed by atoms with van der Waals surface area (Å²) in [5.74, 6) is -2.68. The van der Waals surface area contributed by atoms with Crippen LogP contribution in [0.3, 0.4) is 0 Å². The highest BCUT2D eigenvalue weighted by Crippen LogP contribution is 2.47. The summed E-state index contributed by atoms with van der Waals surface area (Å²) in [6.45, 7) is 6.11. The molecule has 2 aromatic rings. The first-order chi connectivity index (χ1) is 19.1. The number of hydrogen-bond acceptors (Lipinski definition) is 4. The lowest BCUT2D eigenvalue weighted by molar-refractivity contribution is -0.138. The number of carbonyl (C=O) groups excluding carboxylic acids is 2. The third kappa shape index (κ3) is 6.60. The van der Waals surface area contributed by atoms with Crippen molar-refractivity contribution >= 4 is 23.5 Å². The minimum absolute atomic E-state index is 0.00862. The van der Waals surface area contributed by atoms with Crippen LogP contribution in [0.25, 0.3) is 0 Å². The van der Waals surface area contributed by atoms with Gasteiger partial charge in [0.15, 0.2) is 0 Å². The van der Waals surface area contributed by atoms with Crippen LogP contribution >= 0.6 is 0 Å². The summed E-state index contributed by atoms with van der Waals surface area (Å²) in [5.41, 5.74) is -1.81. The van der Waals surface area contributed by atoms with Crippen LogP contribution in [-0.4, -0.2) is 45.7 Å². The van der Waals surface area contributed by atoms with E-state index in [0.717, 1.165) is 31.0 Å². The standard InChI is InChI=1S/C30H33F4N3O4/c1-28(2,3)21-9-12-29(13-10-21)36-25(18-5-4-6-22(15-18)30(32,33)34)27(41)37(29)17-20-8-7-19(16-23(20)31)26(40)35-14-11-24(38)39/h4-8,15-16,21H,9-14,17H2,1-3H3,(H,35,40)(H,38,39). The van der Waals surface area contributed by atoms with Crippen molar-refractivity contribution in [2.75, 3.05) is 6.54 Å². The normalized spacial score (nSPS) is 21.2. The molecule has 0 aromatic heterocycles. The van der Waals surface area contributed by atoms with Gasteiger partial charge < -0.3 is 15.3 Å². The fourth-order valence-electron chi connectivity index (χ4n) is 5.58. The van der Waals surface area contributed by atoms with Crippen molar-refractivity contribution in [3.05, 3.63) is 70.5 Å². The third-order valence-corrected chi connectivity index (χ3v) is 8.01. The van der Waals surface area contributed by atoms with Crippen LogP contribution in [0.1, 0.15) is 79.9 Å². The topological polar surface area (TPSA) is 99.1 Å². The highest BCUT2D eigenvalue weighted by Gasteiger charge is 2.50. The van der Waals surface area contributed by atoms with Crippen LogP contribution in [0.5, 0.6) is 0 Å². The van der Waals surface area contributed by atoms with Gasteiger partial charge in [0.25, 0.3) is 11.8 Å². The molecule has 11 heteroatoms. The molecular weight excluding hydrogens is 542 g/mol. The molecule has 2 aliphatic rings. The van der Waals surface area contributed by atoms with E-state index in [1.807, 2.05) is 0 Å². The molecule has 0 saturated heterocycles. The number of rotatable bonds is 7. The predicted octanol–water partition coefficient (Wildman–Crippen LogP) is 5.81. The summed E-state index contributed by atoms with van der Waals surface area (Å²) in [6, 6.07) is 8.28. The van der Waals surface area contributed by atoms with Crippen molar-refractivity contribution < 1.29 is 37.1 Å². The fraction of sp³-hybridized carbons (Fsp3) is 0.467. The van der Waals surface area contributed by atoms with Gasteiger partial charge in [-0.2, -0.15) is 13.2 Å². The molecule has 1 heterocycles. The SMILES string of the molecule is CC(C)(C)C1CCC2(CC1)N=C(c1cccc(C(F)(F)F)c1)C(=O)N2Cc1ccc(C(=O)NCCC(=O)O)cc1F. The first-order valence-electron chi connectivity index (χ1n) is 13.5. The molecule has 0 bridgehead atoms. The molecule has 4 rings (SSSR count). The highest BCUT2D eigenvalue weighted by molar-refractivity contribution is 6.46. The Morgan fingerprint density at radius 3 is 2.37 bits per heavy atom. The van der Waals surface area contributed by atoms with Gasteiger partial charge in [-0.25, -0.2) is 4.39 Å². The fourth-order valence-corrected chi connectivity index (χ4v) is 5.58. The van der Waals surface area contributed by atoms with Gasteiger partial charge in [-0.3, -0.25) is 19.4 Å². The lowest BCUT2D eigenvalue weighted by Gasteiger charge is -2.44. The monoisotopic (exact) mass is 575 g/mol. The second kappa shape index (κ2) is 11.3. The van der Waals surface area contributed by atoms with Crippen molar-refractivity contribution in [2.24, 2.45) is 16.3 Å². The summed E-state index contributed by atoms with van der Waals surface area (Å²) >= 11 is 0. The average molecular weight is 576 g/mol. The smallest absolute Gasteiger partial charge is 0.416 e. The number of carbonyl (C=O) groups is 3. The van der Waals surface area contributed by atoms with E-state index in [1.54, 1.807) is 0 Å². The largest absolute Gasteiger partial charge is 0.481 e. The van der Waals surface area contributed by atoms with E-state index in [4.69, 9.17) is 10.1 Å². The van der Waals surface area contributed by atoms with Crippen molar-refractivity contribution in [2.45, 2.75) is 71.3 Å². The summed E-state index contributed by atoms with van der Waals surface area (Å²) < 4.78 is 55.5. The van der Waals surface area contributed by atoms with Crippen LogP contribution in [0, 0.1) is 17.2 Å². The lowest BCUT2D eigenvalue weighted by atomic mass is 9.69. The summed E-state index contributed by atoms with van der Waals surface area (Å²) in [5, 5.41) is 11.1. The second-order valence-corrected chi connectivity index (χ2v) is 11.8. The Kier molecular flexibility index (Phi) is 8.29.